The highest BCUT2D eigenvalue weighted by Gasteiger charge is 2.32. The van der Waals surface area contributed by atoms with Gasteiger partial charge >= 0.3 is 6.36 Å². The number of nitrogen functional groups attached to an aromatic ring is 1. The quantitative estimate of drug-likeness (QED) is 0.420. The smallest absolute Gasteiger partial charge is 0.404 e. The van der Waals surface area contributed by atoms with Gasteiger partial charge in [-0.3, -0.25) is 19.5 Å². The van der Waals surface area contributed by atoms with Gasteiger partial charge in [-0.2, -0.15) is 0 Å². The fourth-order valence-electron chi connectivity index (χ4n) is 3.67. The van der Waals surface area contributed by atoms with Crippen LogP contribution in [-0.2, 0) is 4.79 Å². The van der Waals surface area contributed by atoms with Gasteiger partial charge < -0.3 is 26.0 Å². The van der Waals surface area contributed by atoms with Gasteiger partial charge in [0, 0.05) is 43.5 Å². The maximum Gasteiger partial charge on any atom is 0.573 e. The first-order valence-electron chi connectivity index (χ1n) is 11.5. The maximum atomic E-state index is 12.9. The average molecular weight is 531 g/mol. The Morgan fingerprint density at radius 1 is 1.00 bits per heavy atom. The van der Waals surface area contributed by atoms with Gasteiger partial charge in [0.1, 0.15) is 5.82 Å². The van der Waals surface area contributed by atoms with E-state index in [4.69, 9.17) is 5.73 Å². The molecule has 0 unspecified atom stereocenters. The lowest BCUT2D eigenvalue weighted by molar-refractivity contribution is -0.274. The number of rotatable bonds is 7. The highest BCUT2D eigenvalue weighted by Crippen LogP contribution is 2.31. The lowest BCUT2D eigenvalue weighted by atomic mass is 10.1. The molecule has 3 heterocycles. The number of likely N-dealkylation sites (N-methyl/N-ethyl adjacent to an activating group) is 1. The minimum atomic E-state index is -4.99. The van der Waals surface area contributed by atoms with E-state index in [1.54, 1.807) is 12.1 Å². The largest absolute Gasteiger partial charge is 0.573 e. The molecule has 1 aliphatic rings. The summed E-state index contributed by atoms with van der Waals surface area (Å²) in [6, 6.07) is 6.56. The number of halogens is 3. The number of anilines is 3. The highest BCUT2D eigenvalue weighted by molar-refractivity contribution is 6.05. The molecule has 14 heteroatoms. The predicted octanol–water partition coefficient (Wildman–Crippen LogP) is 2.46. The highest BCUT2D eigenvalue weighted by atomic mass is 19.4. The summed E-state index contributed by atoms with van der Waals surface area (Å²) in [6.07, 6.45) is -0.712. The molecule has 11 nitrogen and oxygen atoms in total. The van der Waals surface area contributed by atoms with Crippen LogP contribution in [-0.4, -0.2) is 82.7 Å². The van der Waals surface area contributed by atoms with Crippen molar-refractivity contribution >= 4 is 29.1 Å². The van der Waals surface area contributed by atoms with E-state index in [1.165, 1.54) is 18.6 Å². The molecule has 1 aromatic carbocycles. The van der Waals surface area contributed by atoms with Crippen molar-refractivity contribution in [2.45, 2.75) is 6.36 Å². The van der Waals surface area contributed by atoms with Crippen LogP contribution in [0.5, 0.6) is 5.75 Å². The SMILES string of the molecule is CN1CCN(CC(=O)Nc2cc(C(=O)Nc3cnc(-c4ccc(N)nc4)cn3)ccc2OC(F)(F)F)CC1. The molecule has 200 valence electrons. The number of hydrogen-bond donors (Lipinski definition) is 3. The third-order valence-electron chi connectivity index (χ3n) is 5.68. The molecule has 2 amide bonds. The molecule has 38 heavy (non-hydrogen) atoms. The van der Waals surface area contributed by atoms with Gasteiger partial charge in [-0.15, -0.1) is 13.2 Å². The second kappa shape index (κ2) is 11.4. The summed E-state index contributed by atoms with van der Waals surface area (Å²) in [4.78, 5) is 41.7. The van der Waals surface area contributed by atoms with Crippen molar-refractivity contribution in [3.05, 3.63) is 54.5 Å². The Labute approximate surface area is 215 Å². The van der Waals surface area contributed by atoms with Crippen LogP contribution in [0.1, 0.15) is 10.4 Å². The molecule has 4 rings (SSSR count). The third-order valence-corrected chi connectivity index (χ3v) is 5.68. The normalized spacial score (nSPS) is 14.6. The summed E-state index contributed by atoms with van der Waals surface area (Å²) in [5.41, 5.74) is 6.43. The zero-order chi connectivity index (χ0) is 27.3. The Balaban J connectivity index is 1.47. The number of alkyl halides is 3. The van der Waals surface area contributed by atoms with Gasteiger partial charge in [0.2, 0.25) is 5.91 Å². The summed E-state index contributed by atoms with van der Waals surface area (Å²) in [5, 5.41) is 4.97. The van der Waals surface area contributed by atoms with Gasteiger partial charge in [-0.05, 0) is 37.4 Å². The van der Waals surface area contributed by atoms with Crippen LogP contribution < -0.4 is 21.1 Å². The number of nitrogens with two attached hydrogens (primary N) is 1. The van der Waals surface area contributed by atoms with Crippen molar-refractivity contribution in [2.75, 3.05) is 56.1 Å². The second-order valence-corrected chi connectivity index (χ2v) is 8.60. The first-order valence-corrected chi connectivity index (χ1v) is 11.5. The molecule has 3 aromatic rings. The predicted molar refractivity (Wildman–Crippen MR) is 133 cm³/mol. The van der Waals surface area contributed by atoms with E-state index in [2.05, 4.69) is 35.2 Å². The lowest BCUT2D eigenvalue weighted by Crippen LogP contribution is -2.47. The average Bonchev–Trinajstić information content (AvgIpc) is 2.86. The number of aromatic nitrogens is 3. The molecule has 1 fully saturated rings. The number of pyridine rings is 1. The molecular formula is C24H25F3N8O3. The monoisotopic (exact) mass is 530 g/mol. The van der Waals surface area contributed by atoms with Crippen molar-refractivity contribution in [3.8, 4) is 17.0 Å². The molecule has 4 N–H and O–H groups in total. The van der Waals surface area contributed by atoms with Crippen LogP contribution in [0.25, 0.3) is 11.3 Å². The van der Waals surface area contributed by atoms with Gasteiger partial charge in [0.15, 0.2) is 11.6 Å². The van der Waals surface area contributed by atoms with Crippen molar-refractivity contribution in [2.24, 2.45) is 0 Å². The van der Waals surface area contributed by atoms with E-state index in [1.807, 2.05) is 11.9 Å². The lowest BCUT2D eigenvalue weighted by Gasteiger charge is -2.31. The van der Waals surface area contributed by atoms with Crippen LogP contribution in [0, 0.1) is 0 Å². The molecule has 0 saturated carbocycles. The fourth-order valence-corrected chi connectivity index (χ4v) is 3.67. The topological polar surface area (TPSA) is 139 Å². The second-order valence-electron chi connectivity index (χ2n) is 8.60. The number of carbonyl (C=O) groups is 2. The van der Waals surface area contributed by atoms with Crippen molar-refractivity contribution in [3.63, 3.8) is 0 Å². The van der Waals surface area contributed by atoms with Crippen LogP contribution in [0.4, 0.5) is 30.5 Å². The standard InChI is InChI=1S/C24H25F3N8O3/c1-34-6-8-35(9-7-34)14-22(36)32-17-10-15(2-4-19(17)38-24(25,26)27)23(37)33-21-13-29-18(12-31-21)16-3-5-20(28)30-11-16/h2-5,10-13H,6-9,14H2,1H3,(H2,28,30)(H,32,36)(H,31,33,37). The number of amides is 2. The number of hydrogen-bond acceptors (Lipinski definition) is 9. The summed E-state index contributed by atoms with van der Waals surface area (Å²) in [7, 11) is 1.96. The summed E-state index contributed by atoms with van der Waals surface area (Å²) < 4.78 is 42.9. The maximum absolute atomic E-state index is 12.9. The van der Waals surface area contributed by atoms with E-state index in [9.17, 15) is 22.8 Å². The Kier molecular flexibility index (Phi) is 8.02. The fraction of sp³-hybridized carbons (Fsp3) is 0.292. The molecular weight excluding hydrogens is 505 g/mol. The van der Waals surface area contributed by atoms with Crippen LogP contribution in [0.3, 0.4) is 0 Å². The molecule has 0 spiro atoms. The minimum Gasteiger partial charge on any atom is -0.404 e. The van der Waals surface area contributed by atoms with Crippen LogP contribution in [0.2, 0.25) is 0 Å². The van der Waals surface area contributed by atoms with Gasteiger partial charge in [0.05, 0.1) is 30.3 Å². The van der Waals surface area contributed by atoms with E-state index >= 15 is 0 Å². The van der Waals surface area contributed by atoms with Crippen molar-refractivity contribution in [1.82, 2.24) is 24.8 Å². The summed E-state index contributed by atoms with van der Waals surface area (Å²) in [5.74, 6) is -1.38. The number of nitrogens with zero attached hydrogens (tertiary/aromatic N) is 5. The molecule has 1 saturated heterocycles. The van der Waals surface area contributed by atoms with Crippen LogP contribution in [0.15, 0.2) is 48.9 Å². The first-order chi connectivity index (χ1) is 18.1. The van der Waals surface area contributed by atoms with E-state index in [-0.39, 0.29) is 23.6 Å². The van der Waals surface area contributed by atoms with E-state index in [0.29, 0.717) is 30.2 Å². The Bertz CT molecular complexity index is 1280. The summed E-state index contributed by atoms with van der Waals surface area (Å²) >= 11 is 0. The number of carbonyl (C=O) groups excluding carboxylic acids is 2. The zero-order valence-electron chi connectivity index (χ0n) is 20.3. The molecule has 0 bridgehead atoms. The Morgan fingerprint density at radius 2 is 1.76 bits per heavy atom. The van der Waals surface area contributed by atoms with E-state index < -0.39 is 23.9 Å². The third kappa shape index (κ3) is 7.36. The first kappa shape index (κ1) is 26.8. The molecule has 0 aliphatic carbocycles. The Morgan fingerprint density at radius 3 is 2.39 bits per heavy atom. The van der Waals surface area contributed by atoms with Crippen molar-refractivity contribution < 1.29 is 27.5 Å². The zero-order valence-corrected chi connectivity index (χ0v) is 20.3. The number of benzene rings is 1. The number of piperazine rings is 1. The minimum absolute atomic E-state index is 0.0127. The number of ether oxygens (including phenoxy) is 1. The van der Waals surface area contributed by atoms with Gasteiger partial charge in [-0.25, -0.2) is 9.97 Å². The molecule has 0 radical (unpaired) electrons. The van der Waals surface area contributed by atoms with Crippen molar-refractivity contribution in [1.29, 1.82) is 0 Å². The van der Waals surface area contributed by atoms with Crippen LogP contribution >= 0.6 is 0 Å². The molecule has 1 aliphatic heterocycles. The molecule has 2 aromatic heterocycles. The van der Waals surface area contributed by atoms with Gasteiger partial charge in [-0.1, -0.05) is 0 Å². The Hall–Kier alpha value is -4.30. The van der Waals surface area contributed by atoms with Gasteiger partial charge in [0.25, 0.3) is 5.91 Å². The van der Waals surface area contributed by atoms with E-state index in [0.717, 1.165) is 31.3 Å². The molecule has 0 atom stereocenters. The summed E-state index contributed by atoms with van der Waals surface area (Å²) in [6.45, 7) is 2.82. The number of nitrogens with one attached hydrogen (secondary N) is 2.